The van der Waals surface area contributed by atoms with Gasteiger partial charge in [0.1, 0.15) is 18.4 Å². The molecule has 16 heavy (non-hydrogen) atoms. The summed E-state index contributed by atoms with van der Waals surface area (Å²) in [4.78, 5) is 12.6. The molecule has 86 valence electrons. The molecule has 0 aliphatic carbocycles. The van der Waals surface area contributed by atoms with Crippen molar-refractivity contribution in [1.82, 2.24) is 4.90 Å². The van der Waals surface area contributed by atoms with Gasteiger partial charge in [-0.05, 0) is 17.7 Å². The van der Waals surface area contributed by atoms with Crippen molar-refractivity contribution in [1.29, 1.82) is 0 Å². The van der Waals surface area contributed by atoms with Gasteiger partial charge in [0.2, 0.25) is 5.91 Å². The second-order valence-electron chi connectivity index (χ2n) is 3.86. The van der Waals surface area contributed by atoms with Crippen LogP contribution in [0.5, 0.6) is 0 Å². The van der Waals surface area contributed by atoms with Crippen molar-refractivity contribution >= 4 is 5.91 Å². The van der Waals surface area contributed by atoms with Crippen molar-refractivity contribution < 1.29 is 18.7 Å². The van der Waals surface area contributed by atoms with Crippen molar-refractivity contribution in [2.45, 2.75) is 12.3 Å². The fourth-order valence-electron chi connectivity index (χ4n) is 1.94. The Balaban J connectivity index is 2.23. The normalized spacial score (nSPS) is 20.6. The zero-order chi connectivity index (χ0) is 11.7. The molecule has 0 bridgehead atoms. The van der Waals surface area contributed by atoms with E-state index in [1.54, 1.807) is 0 Å². The Hall–Kier alpha value is -1.49. The van der Waals surface area contributed by atoms with Gasteiger partial charge >= 0.3 is 0 Å². The van der Waals surface area contributed by atoms with Gasteiger partial charge in [0.25, 0.3) is 0 Å². The Morgan fingerprint density at radius 2 is 1.94 bits per heavy atom. The third-order valence-electron chi connectivity index (χ3n) is 2.74. The van der Waals surface area contributed by atoms with E-state index in [0.717, 1.165) is 6.07 Å². The van der Waals surface area contributed by atoms with Crippen LogP contribution in [0.1, 0.15) is 17.9 Å². The number of carbonyl (C=O) groups is 1. The van der Waals surface area contributed by atoms with Gasteiger partial charge < -0.3 is 10.0 Å². The molecule has 1 heterocycles. The first-order valence-corrected chi connectivity index (χ1v) is 4.95. The van der Waals surface area contributed by atoms with Crippen molar-refractivity contribution in [3.05, 3.63) is 35.4 Å². The monoisotopic (exact) mass is 227 g/mol. The summed E-state index contributed by atoms with van der Waals surface area (Å²) >= 11 is 0. The predicted molar refractivity (Wildman–Crippen MR) is 52.5 cm³/mol. The summed E-state index contributed by atoms with van der Waals surface area (Å²) in [5, 5.41) is 8.87. The SMILES string of the molecule is O=C1C[C@H](c2cc(F)cc(F)c2)CN1CO. The molecule has 1 aliphatic heterocycles. The number of carbonyl (C=O) groups excluding carboxylic acids is 1. The van der Waals surface area contributed by atoms with E-state index in [0.29, 0.717) is 12.1 Å². The van der Waals surface area contributed by atoms with Gasteiger partial charge in [-0.15, -0.1) is 0 Å². The first-order chi connectivity index (χ1) is 7.60. The summed E-state index contributed by atoms with van der Waals surface area (Å²) in [5.41, 5.74) is 0.460. The number of hydrogen-bond donors (Lipinski definition) is 1. The molecule has 1 fully saturated rings. The number of benzene rings is 1. The summed E-state index contributed by atoms with van der Waals surface area (Å²) in [7, 11) is 0. The highest BCUT2D eigenvalue weighted by Gasteiger charge is 2.30. The van der Waals surface area contributed by atoms with E-state index in [4.69, 9.17) is 5.11 Å². The van der Waals surface area contributed by atoms with Gasteiger partial charge in [-0.2, -0.15) is 0 Å². The third kappa shape index (κ3) is 2.04. The molecular weight excluding hydrogens is 216 g/mol. The second-order valence-corrected chi connectivity index (χ2v) is 3.86. The first-order valence-electron chi connectivity index (χ1n) is 4.95. The van der Waals surface area contributed by atoms with Crippen LogP contribution in [-0.2, 0) is 4.79 Å². The van der Waals surface area contributed by atoms with Crippen molar-refractivity contribution in [2.24, 2.45) is 0 Å². The number of nitrogens with zero attached hydrogens (tertiary/aromatic N) is 1. The van der Waals surface area contributed by atoms with Gasteiger partial charge in [0.15, 0.2) is 0 Å². The maximum atomic E-state index is 13.0. The zero-order valence-electron chi connectivity index (χ0n) is 8.49. The average Bonchev–Trinajstić information content (AvgIpc) is 2.58. The average molecular weight is 227 g/mol. The van der Waals surface area contributed by atoms with Crippen LogP contribution in [0.15, 0.2) is 18.2 Å². The second kappa shape index (κ2) is 4.17. The van der Waals surface area contributed by atoms with Crippen molar-refractivity contribution in [3.63, 3.8) is 0 Å². The molecule has 1 N–H and O–H groups in total. The van der Waals surface area contributed by atoms with Crippen LogP contribution in [0, 0.1) is 11.6 Å². The number of amides is 1. The standard InChI is InChI=1S/C11H11F2NO2/c12-9-1-7(2-10(13)4-9)8-3-11(16)14(5-8)6-15/h1-2,4,8,15H,3,5-6H2/t8-/m0/s1. The Bertz CT molecular complexity index is 402. The molecule has 0 spiro atoms. The van der Waals surface area contributed by atoms with Crippen LogP contribution < -0.4 is 0 Å². The van der Waals surface area contributed by atoms with E-state index in [-0.39, 0.29) is 25.0 Å². The van der Waals surface area contributed by atoms with E-state index in [1.807, 2.05) is 0 Å². The minimum Gasteiger partial charge on any atom is -0.376 e. The Morgan fingerprint density at radius 3 is 2.44 bits per heavy atom. The summed E-state index contributed by atoms with van der Waals surface area (Å²) < 4.78 is 25.9. The minimum atomic E-state index is -0.648. The Morgan fingerprint density at radius 1 is 1.31 bits per heavy atom. The number of aliphatic hydroxyl groups excluding tert-OH is 1. The predicted octanol–water partition coefficient (Wildman–Crippen LogP) is 1.23. The molecule has 0 saturated carbocycles. The van der Waals surface area contributed by atoms with E-state index >= 15 is 0 Å². The minimum absolute atomic E-state index is 0.184. The maximum Gasteiger partial charge on any atom is 0.225 e. The van der Waals surface area contributed by atoms with Crippen LogP contribution in [0.4, 0.5) is 8.78 Å². The van der Waals surface area contributed by atoms with E-state index in [1.165, 1.54) is 17.0 Å². The molecule has 1 saturated heterocycles. The molecule has 0 aromatic heterocycles. The van der Waals surface area contributed by atoms with Gasteiger partial charge in [0, 0.05) is 24.9 Å². The molecule has 1 aromatic rings. The van der Waals surface area contributed by atoms with Crippen molar-refractivity contribution in [2.75, 3.05) is 13.3 Å². The van der Waals surface area contributed by atoms with Crippen LogP contribution in [0.25, 0.3) is 0 Å². The van der Waals surface area contributed by atoms with Gasteiger partial charge in [-0.1, -0.05) is 0 Å². The first kappa shape index (κ1) is 11.0. The maximum absolute atomic E-state index is 13.0. The Kier molecular flexibility index (Phi) is 2.87. The van der Waals surface area contributed by atoms with Gasteiger partial charge in [0.05, 0.1) is 0 Å². The topological polar surface area (TPSA) is 40.5 Å². The lowest BCUT2D eigenvalue weighted by Crippen LogP contribution is -2.25. The van der Waals surface area contributed by atoms with E-state index < -0.39 is 11.6 Å². The molecule has 5 heteroatoms. The van der Waals surface area contributed by atoms with Gasteiger partial charge in [-0.25, -0.2) is 8.78 Å². The highest BCUT2D eigenvalue weighted by Crippen LogP contribution is 2.28. The fraction of sp³-hybridized carbons (Fsp3) is 0.364. The quantitative estimate of drug-likeness (QED) is 0.825. The van der Waals surface area contributed by atoms with E-state index in [2.05, 4.69) is 0 Å². The number of halogens is 2. The lowest BCUT2D eigenvalue weighted by molar-refractivity contribution is -0.130. The van der Waals surface area contributed by atoms with Crippen LogP contribution in [0.2, 0.25) is 0 Å². The molecule has 2 rings (SSSR count). The summed E-state index contributed by atoms with van der Waals surface area (Å²) in [6, 6.07) is 3.24. The lowest BCUT2D eigenvalue weighted by atomic mass is 9.98. The van der Waals surface area contributed by atoms with Crippen LogP contribution in [0.3, 0.4) is 0 Å². The highest BCUT2D eigenvalue weighted by molar-refractivity contribution is 5.79. The Labute approximate surface area is 91.3 Å². The molecule has 0 unspecified atom stereocenters. The third-order valence-corrected chi connectivity index (χ3v) is 2.74. The smallest absolute Gasteiger partial charge is 0.225 e. The molecule has 3 nitrogen and oxygen atoms in total. The highest BCUT2D eigenvalue weighted by atomic mass is 19.1. The summed E-state index contributed by atoms with van der Waals surface area (Å²) in [6.07, 6.45) is 0.184. The molecule has 1 aliphatic rings. The van der Waals surface area contributed by atoms with E-state index in [9.17, 15) is 13.6 Å². The van der Waals surface area contributed by atoms with Crippen LogP contribution in [-0.4, -0.2) is 29.2 Å². The molecule has 0 radical (unpaired) electrons. The zero-order valence-corrected chi connectivity index (χ0v) is 8.49. The lowest BCUT2D eigenvalue weighted by Gasteiger charge is -2.13. The summed E-state index contributed by atoms with van der Waals surface area (Å²) in [5.74, 6) is -1.74. The van der Waals surface area contributed by atoms with Gasteiger partial charge in [-0.3, -0.25) is 4.79 Å². The van der Waals surface area contributed by atoms with Crippen molar-refractivity contribution in [3.8, 4) is 0 Å². The fourth-order valence-corrected chi connectivity index (χ4v) is 1.94. The molecule has 1 atom stereocenters. The number of rotatable bonds is 2. The number of aliphatic hydroxyl groups is 1. The summed E-state index contributed by atoms with van der Waals surface area (Å²) in [6.45, 7) is -0.0502. The molecular formula is C11H11F2NO2. The van der Waals surface area contributed by atoms with Crippen LogP contribution >= 0.6 is 0 Å². The molecule has 1 amide bonds. The number of hydrogen-bond acceptors (Lipinski definition) is 2. The molecule has 1 aromatic carbocycles. The largest absolute Gasteiger partial charge is 0.376 e. The number of likely N-dealkylation sites (tertiary alicyclic amines) is 1.